The molecule has 0 saturated carbocycles. The molecular weight excluding hydrogens is 244 g/mol. The van der Waals surface area contributed by atoms with Crippen LogP contribution in [0.15, 0.2) is 0 Å². The third-order valence-electron chi connectivity index (χ3n) is 4.86. The van der Waals surface area contributed by atoms with Crippen molar-refractivity contribution in [3.8, 4) is 0 Å². The van der Waals surface area contributed by atoms with Gasteiger partial charge in [-0.2, -0.15) is 0 Å². The van der Waals surface area contributed by atoms with Crippen LogP contribution < -0.4 is 5.32 Å². The van der Waals surface area contributed by atoms with Crippen LogP contribution in [-0.2, 0) is 9.59 Å². The standard InChI is InChI=1S/C14H24N2O3/c1-2-14(13(18)19)5-8-16(9-6-14)11-4-3-7-15-12(17)10-11/h11H,2-10H2,1H3,(H,15,17)(H,18,19). The highest BCUT2D eigenvalue weighted by molar-refractivity contribution is 5.77. The van der Waals surface area contributed by atoms with Gasteiger partial charge >= 0.3 is 5.97 Å². The predicted molar refractivity (Wildman–Crippen MR) is 71.8 cm³/mol. The molecule has 2 rings (SSSR count). The highest BCUT2D eigenvalue weighted by Gasteiger charge is 2.41. The van der Waals surface area contributed by atoms with Crippen LogP contribution in [0, 0.1) is 5.41 Å². The van der Waals surface area contributed by atoms with E-state index in [0.717, 1.165) is 32.5 Å². The van der Waals surface area contributed by atoms with Crippen LogP contribution in [0.2, 0.25) is 0 Å². The van der Waals surface area contributed by atoms with E-state index in [4.69, 9.17) is 0 Å². The Balaban J connectivity index is 1.95. The minimum Gasteiger partial charge on any atom is -0.481 e. The molecule has 0 spiro atoms. The fraction of sp³-hybridized carbons (Fsp3) is 0.857. The lowest BCUT2D eigenvalue weighted by molar-refractivity contribution is -0.153. The van der Waals surface area contributed by atoms with Gasteiger partial charge in [-0.1, -0.05) is 6.92 Å². The quantitative estimate of drug-likeness (QED) is 0.808. The molecule has 0 aromatic rings. The molecule has 5 heteroatoms. The highest BCUT2D eigenvalue weighted by Crippen LogP contribution is 2.36. The SMILES string of the molecule is CCC1(C(=O)O)CCN(C2CCCNC(=O)C2)CC1. The summed E-state index contributed by atoms with van der Waals surface area (Å²) >= 11 is 0. The molecule has 0 bridgehead atoms. The normalized spacial score (nSPS) is 28.5. The zero-order valence-electron chi connectivity index (χ0n) is 11.7. The van der Waals surface area contributed by atoms with Crippen molar-refractivity contribution in [1.29, 1.82) is 0 Å². The molecule has 2 aliphatic rings. The number of carbonyl (C=O) groups is 2. The number of nitrogens with one attached hydrogen (secondary N) is 1. The maximum Gasteiger partial charge on any atom is 0.309 e. The first-order chi connectivity index (χ1) is 9.07. The number of hydrogen-bond acceptors (Lipinski definition) is 3. The molecule has 2 fully saturated rings. The second-order valence-corrected chi connectivity index (χ2v) is 5.83. The lowest BCUT2D eigenvalue weighted by atomic mass is 9.76. The Kier molecular flexibility index (Phi) is 4.45. The van der Waals surface area contributed by atoms with Gasteiger partial charge in [0, 0.05) is 19.0 Å². The Bertz CT molecular complexity index is 349. The van der Waals surface area contributed by atoms with Gasteiger partial charge in [0.05, 0.1) is 5.41 Å². The van der Waals surface area contributed by atoms with E-state index >= 15 is 0 Å². The summed E-state index contributed by atoms with van der Waals surface area (Å²) < 4.78 is 0. The van der Waals surface area contributed by atoms with Crippen molar-refractivity contribution >= 4 is 11.9 Å². The Labute approximate surface area is 114 Å². The van der Waals surface area contributed by atoms with E-state index < -0.39 is 11.4 Å². The maximum atomic E-state index is 11.6. The number of nitrogens with zero attached hydrogens (tertiary/aromatic N) is 1. The monoisotopic (exact) mass is 268 g/mol. The van der Waals surface area contributed by atoms with Crippen molar-refractivity contribution < 1.29 is 14.7 Å². The van der Waals surface area contributed by atoms with Gasteiger partial charge < -0.3 is 10.4 Å². The van der Waals surface area contributed by atoms with E-state index in [2.05, 4.69) is 10.2 Å². The predicted octanol–water partition coefficient (Wildman–Crippen LogP) is 1.23. The minimum absolute atomic E-state index is 0.132. The van der Waals surface area contributed by atoms with E-state index in [0.29, 0.717) is 31.7 Å². The molecule has 5 nitrogen and oxygen atoms in total. The van der Waals surface area contributed by atoms with Crippen molar-refractivity contribution in [3.63, 3.8) is 0 Å². The summed E-state index contributed by atoms with van der Waals surface area (Å²) in [7, 11) is 0. The number of rotatable bonds is 3. The van der Waals surface area contributed by atoms with E-state index in [1.807, 2.05) is 6.92 Å². The van der Waals surface area contributed by atoms with Gasteiger partial charge in [-0.3, -0.25) is 14.5 Å². The molecule has 1 atom stereocenters. The maximum absolute atomic E-state index is 11.6. The number of likely N-dealkylation sites (tertiary alicyclic amines) is 1. The van der Waals surface area contributed by atoms with E-state index in [1.54, 1.807) is 0 Å². The first kappa shape index (κ1) is 14.3. The molecule has 19 heavy (non-hydrogen) atoms. The molecule has 1 amide bonds. The summed E-state index contributed by atoms with van der Waals surface area (Å²) in [6, 6.07) is 0.297. The zero-order valence-corrected chi connectivity index (χ0v) is 11.7. The summed E-state index contributed by atoms with van der Waals surface area (Å²) in [6.45, 7) is 4.34. The average molecular weight is 268 g/mol. The number of carboxylic acids is 1. The molecule has 0 aliphatic carbocycles. The molecule has 2 N–H and O–H groups in total. The van der Waals surface area contributed by atoms with Crippen LogP contribution in [0.1, 0.15) is 45.4 Å². The molecule has 108 valence electrons. The first-order valence-electron chi connectivity index (χ1n) is 7.31. The van der Waals surface area contributed by atoms with Crippen molar-refractivity contribution in [2.75, 3.05) is 19.6 Å². The largest absolute Gasteiger partial charge is 0.481 e. The Morgan fingerprint density at radius 2 is 2.16 bits per heavy atom. The summed E-state index contributed by atoms with van der Waals surface area (Å²) in [5, 5.41) is 12.3. The third-order valence-corrected chi connectivity index (χ3v) is 4.86. The van der Waals surface area contributed by atoms with Crippen molar-refractivity contribution in [1.82, 2.24) is 10.2 Å². The van der Waals surface area contributed by atoms with E-state index in [1.165, 1.54) is 0 Å². The molecule has 2 aliphatic heterocycles. The number of piperidine rings is 1. The number of aliphatic carboxylic acids is 1. The zero-order chi connectivity index (χ0) is 13.9. The highest BCUT2D eigenvalue weighted by atomic mass is 16.4. The molecule has 0 aromatic heterocycles. The van der Waals surface area contributed by atoms with E-state index in [9.17, 15) is 14.7 Å². The van der Waals surface area contributed by atoms with Crippen LogP contribution in [0.5, 0.6) is 0 Å². The second kappa shape index (κ2) is 5.90. The summed E-state index contributed by atoms with van der Waals surface area (Å²) in [4.78, 5) is 25.3. The van der Waals surface area contributed by atoms with Gasteiger partial charge in [0.25, 0.3) is 0 Å². The van der Waals surface area contributed by atoms with Gasteiger partial charge in [-0.05, 0) is 45.2 Å². The van der Waals surface area contributed by atoms with Crippen LogP contribution in [0.3, 0.4) is 0 Å². The smallest absolute Gasteiger partial charge is 0.309 e. The van der Waals surface area contributed by atoms with Gasteiger partial charge in [0.2, 0.25) is 5.91 Å². The average Bonchev–Trinajstić information content (AvgIpc) is 2.63. The Morgan fingerprint density at radius 3 is 2.74 bits per heavy atom. The molecule has 2 saturated heterocycles. The van der Waals surface area contributed by atoms with Crippen LogP contribution in [0.25, 0.3) is 0 Å². The number of carbonyl (C=O) groups excluding carboxylic acids is 1. The summed E-state index contributed by atoms with van der Waals surface area (Å²) in [5.41, 5.74) is -0.538. The van der Waals surface area contributed by atoms with Gasteiger partial charge in [-0.15, -0.1) is 0 Å². The van der Waals surface area contributed by atoms with Gasteiger partial charge in [0.15, 0.2) is 0 Å². The molecular formula is C14H24N2O3. The van der Waals surface area contributed by atoms with Crippen LogP contribution >= 0.6 is 0 Å². The molecule has 0 aromatic carbocycles. The lowest BCUT2D eigenvalue weighted by Crippen LogP contribution is -2.48. The van der Waals surface area contributed by atoms with Gasteiger partial charge in [0.1, 0.15) is 0 Å². The Morgan fingerprint density at radius 1 is 1.47 bits per heavy atom. The van der Waals surface area contributed by atoms with Crippen molar-refractivity contribution in [2.45, 2.75) is 51.5 Å². The molecule has 2 heterocycles. The summed E-state index contributed by atoms with van der Waals surface area (Å²) in [5.74, 6) is -0.527. The fourth-order valence-electron chi connectivity index (χ4n) is 3.30. The minimum atomic E-state index is -0.659. The van der Waals surface area contributed by atoms with Crippen LogP contribution in [0.4, 0.5) is 0 Å². The second-order valence-electron chi connectivity index (χ2n) is 5.83. The molecule has 1 unspecified atom stereocenters. The lowest BCUT2D eigenvalue weighted by Gasteiger charge is -2.41. The fourth-order valence-corrected chi connectivity index (χ4v) is 3.30. The van der Waals surface area contributed by atoms with Crippen molar-refractivity contribution in [2.24, 2.45) is 5.41 Å². The Hall–Kier alpha value is -1.10. The van der Waals surface area contributed by atoms with E-state index in [-0.39, 0.29) is 5.91 Å². The van der Waals surface area contributed by atoms with Crippen molar-refractivity contribution in [3.05, 3.63) is 0 Å². The topological polar surface area (TPSA) is 69.6 Å². The van der Waals surface area contributed by atoms with Crippen LogP contribution in [-0.4, -0.2) is 47.6 Å². The number of amides is 1. The van der Waals surface area contributed by atoms with Gasteiger partial charge in [-0.25, -0.2) is 0 Å². The third kappa shape index (κ3) is 3.08. The number of carboxylic acid groups (broad SMARTS) is 1. The number of hydrogen-bond donors (Lipinski definition) is 2. The molecule has 0 radical (unpaired) electrons. The summed E-state index contributed by atoms with van der Waals surface area (Å²) in [6.07, 6.45) is 4.72. The first-order valence-corrected chi connectivity index (χ1v) is 7.31.